The fraction of sp³-hybridized carbons (Fsp3) is 0.333. The summed E-state index contributed by atoms with van der Waals surface area (Å²) in [5.41, 5.74) is 0.207. The van der Waals surface area contributed by atoms with Crippen LogP contribution < -0.4 is 0 Å². The number of aromatic nitrogens is 2. The number of alkyl halides is 3. The average molecular weight is 524 g/mol. The van der Waals surface area contributed by atoms with Gasteiger partial charge in [0.15, 0.2) is 5.41 Å². The lowest BCUT2D eigenvalue weighted by Crippen LogP contribution is -2.37. The molecule has 0 spiro atoms. The van der Waals surface area contributed by atoms with Gasteiger partial charge in [-0.3, -0.25) is 9.48 Å². The second-order valence-electron chi connectivity index (χ2n) is 8.50. The highest BCUT2D eigenvalue weighted by molar-refractivity contribution is 7.21. The fourth-order valence-electron chi connectivity index (χ4n) is 4.33. The van der Waals surface area contributed by atoms with Crippen LogP contribution in [0, 0.1) is 0 Å². The van der Waals surface area contributed by atoms with Crippen LogP contribution in [0.1, 0.15) is 46.3 Å². The zero-order valence-corrected chi connectivity index (χ0v) is 22.0. The van der Waals surface area contributed by atoms with Crippen molar-refractivity contribution >= 4 is 35.7 Å². The van der Waals surface area contributed by atoms with Gasteiger partial charge >= 0.3 is 0 Å². The third-order valence-corrected chi connectivity index (χ3v) is 7.96. The summed E-state index contributed by atoms with van der Waals surface area (Å²) in [5, 5.41) is 2.68. The molecule has 180 valence electrons. The van der Waals surface area contributed by atoms with E-state index in [0.29, 0.717) is 23.5 Å². The molecule has 3 heterocycles. The Morgan fingerprint density at radius 1 is 1.26 bits per heavy atom. The third kappa shape index (κ3) is 4.73. The zero-order chi connectivity index (χ0) is 24.8. The van der Waals surface area contributed by atoms with Gasteiger partial charge in [-0.15, -0.1) is 11.3 Å². The Kier molecular flexibility index (Phi) is 6.80. The molecule has 34 heavy (non-hydrogen) atoms. The fourth-order valence-corrected chi connectivity index (χ4v) is 5.93. The summed E-state index contributed by atoms with van der Waals surface area (Å²) in [6, 6.07) is 9.06. The van der Waals surface area contributed by atoms with Gasteiger partial charge in [0.25, 0.3) is 5.66 Å². The van der Waals surface area contributed by atoms with Crippen molar-refractivity contribution in [1.29, 1.82) is 0 Å². The van der Waals surface area contributed by atoms with Crippen molar-refractivity contribution in [2.45, 2.75) is 43.9 Å². The van der Waals surface area contributed by atoms with Crippen molar-refractivity contribution in [2.75, 3.05) is 6.54 Å². The number of carbonyl (C=O) groups excluding carboxylic acids is 1. The van der Waals surface area contributed by atoms with Crippen LogP contribution in [0.25, 0.3) is 11.1 Å². The van der Waals surface area contributed by atoms with Gasteiger partial charge in [0.05, 0.1) is 11.4 Å². The maximum absolute atomic E-state index is 15.1. The smallest absolute Gasteiger partial charge is 0.292 e. The summed E-state index contributed by atoms with van der Waals surface area (Å²) in [4.78, 5) is 14.8. The Balaban J connectivity index is 1.91. The van der Waals surface area contributed by atoms with Crippen LogP contribution in [-0.4, -0.2) is 27.1 Å². The zero-order valence-electron chi connectivity index (χ0n) is 18.9. The minimum atomic E-state index is -3.07. The summed E-state index contributed by atoms with van der Waals surface area (Å²) >= 11 is 1.01. The van der Waals surface area contributed by atoms with Crippen molar-refractivity contribution < 1.29 is 18.0 Å². The molecule has 4 atom stereocenters. The predicted molar refractivity (Wildman–Crippen MR) is 137 cm³/mol. The predicted octanol–water partition coefficient (Wildman–Crippen LogP) is 6.23. The van der Waals surface area contributed by atoms with Crippen LogP contribution in [0.5, 0.6) is 0 Å². The molecular formula is C24H26F3N3OP2S. The summed E-state index contributed by atoms with van der Waals surface area (Å²) in [6.45, 7) is 8.06. The molecule has 0 aliphatic carbocycles. The molecule has 0 bridgehead atoms. The van der Waals surface area contributed by atoms with Crippen molar-refractivity contribution in [1.82, 2.24) is 14.7 Å². The maximum atomic E-state index is 15.1. The SMILES string of the molecule is C=CC(=O)N1Cc2sc(C(F)(F)P)cc2[C@H](c2ccccc2-c2cn(CC)nc2C(C)(F)P)C1. The number of amides is 1. The Bertz CT molecular complexity index is 1240. The summed E-state index contributed by atoms with van der Waals surface area (Å²) < 4.78 is 45.2. The molecule has 0 radical (unpaired) electrons. The van der Waals surface area contributed by atoms with Crippen LogP contribution in [-0.2, 0) is 29.0 Å². The third-order valence-electron chi connectivity index (χ3n) is 5.94. The number of thiophene rings is 1. The van der Waals surface area contributed by atoms with E-state index in [1.807, 2.05) is 37.4 Å². The Morgan fingerprint density at radius 2 is 1.97 bits per heavy atom. The van der Waals surface area contributed by atoms with Crippen molar-refractivity contribution in [3.8, 4) is 11.1 Å². The number of halogens is 3. The molecule has 2 aromatic heterocycles. The molecule has 0 saturated heterocycles. The summed E-state index contributed by atoms with van der Waals surface area (Å²) in [7, 11) is 3.78. The Labute approximate surface area is 205 Å². The van der Waals surface area contributed by atoms with E-state index in [2.05, 4.69) is 20.9 Å². The van der Waals surface area contributed by atoms with Crippen LogP contribution in [0.3, 0.4) is 0 Å². The van der Waals surface area contributed by atoms with Crippen LogP contribution in [0.4, 0.5) is 13.2 Å². The first-order chi connectivity index (χ1) is 15.9. The van der Waals surface area contributed by atoms with E-state index in [4.69, 9.17) is 0 Å². The molecule has 3 unspecified atom stereocenters. The number of hydrogen-bond donors (Lipinski definition) is 0. The highest BCUT2D eigenvalue weighted by Crippen LogP contribution is 2.48. The largest absolute Gasteiger partial charge is 0.333 e. The van der Waals surface area contributed by atoms with Gasteiger partial charge in [-0.25, -0.2) is 4.39 Å². The number of carbonyl (C=O) groups is 1. The highest BCUT2D eigenvalue weighted by Gasteiger charge is 2.37. The molecule has 0 saturated carbocycles. The second kappa shape index (κ2) is 9.22. The standard InChI is InChI=1S/C24H26F3N3OP2S/c1-4-21(31)29-11-17(16-10-20(24(26,27)33)34-19(16)13-29)14-8-6-7-9-15(14)18-12-30(5-2)28-22(18)23(3,25)32/h4,6-10,12,17H,1,5,11,13,32-33H2,2-3H3/t17-,23?/m0/s1. The van der Waals surface area contributed by atoms with Crippen LogP contribution in [0.15, 0.2) is 49.2 Å². The molecule has 1 aromatic carbocycles. The van der Waals surface area contributed by atoms with Gasteiger partial charge in [0.2, 0.25) is 5.91 Å². The molecule has 4 rings (SSSR count). The van der Waals surface area contributed by atoms with Gasteiger partial charge in [-0.05, 0) is 42.7 Å². The van der Waals surface area contributed by atoms with E-state index in [-0.39, 0.29) is 28.9 Å². The van der Waals surface area contributed by atoms with Gasteiger partial charge in [0, 0.05) is 35.6 Å². The number of nitrogens with zero attached hydrogens (tertiary/aromatic N) is 3. The minimum absolute atomic E-state index is 0.0707. The normalized spacial score (nSPS) is 17.9. The maximum Gasteiger partial charge on any atom is 0.292 e. The molecule has 4 nitrogen and oxygen atoms in total. The number of fused-ring (bicyclic) bond motifs is 1. The first-order valence-electron chi connectivity index (χ1n) is 10.8. The van der Waals surface area contributed by atoms with Crippen molar-refractivity contribution in [2.24, 2.45) is 0 Å². The van der Waals surface area contributed by atoms with Gasteiger partial charge in [0.1, 0.15) is 5.69 Å². The van der Waals surface area contributed by atoms with Gasteiger partial charge < -0.3 is 4.90 Å². The van der Waals surface area contributed by atoms with E-state index in [1.165, 1.54) is 19.1 Å². The van der Waals surface area contributed by atoms with Crippen molar-refractivity contribution in [3.63, 3.8) is 0 Å². The highest BCUT2D eigenvalue weighted by atomic mass is 32.1. The van der Waals surface area contributed by atoms with Crippen molar-refractivity contribution in [3.05, 3.63) is 75.8 Å². The van der Waals surface area contributed by atoms with E-state index in [0.717, 1.165) is 28.0 Å². The van der Waals surface area contributed by atoms with Gasteiger partial charge in [-0.1, -0.05) is 49.3 Å². The lowest BCUT2D eigenvalue weighted by Gasteiger charge is -2.33. The number of benzene rings is 1. The summed E-state index contributed by atoms with van der Waals surface area (Å²) in [6.07, 6.45) is 3.04. The Morgan fingerprint density at radius 3 is 2.59 bits per heavy atom. The lowest BCUT2D eigenvalue weighted by molar-refractivity contribution is -0.127. The molecule has 0 N–H and O–H groups in total. The molecule has 1 aliphatic heterocycles. The van der Waals surface area contributed by atoms with E-state index in [9.17, 15) is 13.6 Å². The van der Waals surface area contributed by atoms with Gasteiger partial charge in [-0.2, -0.15) is 13.9 Å². The number of rotatable bonds is 6. The molecule has 10 heteroatoms. The first-order valence-corrected chi connectivity index (χ1v) is 12.8. The molecule has 1 amide bonds. The average Bonchev–Trinajstić information content (AvgIpc) is 3.42. The van der Waals surface area contributed by atoms with Crippen LogP contribution in [0.2, 0.25) is 0 Å². The van der Waals surface area contributed by atoms with E-state index < -0.39 is 11.1 Å². The van der Waals surface area contributed by atoms with E-state index >= 15 is 4.39 Å². The summed E-state index contributed by atoms with van der Waals surface area (Å²) in [5.74, 6) is -0.629. The molecule has 3 aromatic rings. The monoisotopic (exact) mass is 523 g/mol. The molecule has 0 fully saturated rings. The Hall–Kier alpha value is -2.01. The lowest BCUT2D eigenvalue weighted by atomic mass is 9.83. The van der Waals surface area contributed by atoms with Crippen LogP contribution >= 0.6 is 29.8 Å². The minimum Gasteiger partial charge on any atom is -0.333 e. The molecular weight excluding hydrogens is 497 g/mol. The van der Waals surface area contributed by atoms with E-state index in [1.54, 1.807) is 18.8 Å². The number of aryl methyl sites for hydroxylation is 1. The topological polar surface area (TPSA) is 38.1 Å². The second-order valence-corrected chi connectivity index (χ2v) is 11.4. The quantitative estimate of drug-likeness (QED) is 0.284. The molecule has 1 aliphatic rings. The first kappa shape index (κ1) is 25.1. The number of hydrogen-bond acceptors (Lipinski definition) is 3.